The Morgan fingerprint density at radius 2 is 1.26 bits per heavy atom. The zero-order valence-electron chi connectivity index (χ0n) is 15.5. The van der Waals surface area contributed by atoms with Crippen molar-refractivity contribution < 1.29 is 9.53 Å². The first-order chi connectivity index (χ1) is 11.3. The lowest BCUT2D eigenvalue weighted by Crippen LogP contribution is -2.00. The molecule has 0 N–H and O–H groups in total. The molecule has 1 rings (SSSR count). The smallest absolute Gasteiger partial charge is 0.305 e. The van der Waals surface area contributed by atoms with Gasteiger partial charge in [0.15, 0.2) is 0 Å². The van der Waals surface area contributed by atoms with E-state index in [9.17, 15) is 4.79 Å². The van der Waals surface area contributed by atoms with E-state index in [1.807, 2.05) is 0 Å². The third kappa shape index (κ3) is 11.9. The van der Waals surface area contributed by atoms with Gasteiger partial charge in [-0.15, -0.1) is 0 Å². The molecule has 0 amide bonds. The molecule has 0 bridgehead atoms. The zero-order valence-corrected chi connectivity index (χ0v) is 16.3. The summed E-state index contributed by atoms with van der Waals surface area (Å²) in [4.78, 5) is 11.0. The average molecular weight is 343 g/mol. The van der Waals surface area contributed by atoms with Gasteiger partial charge in [0.2, 0.25) is 0 Å². The molecule has 1 aliphatic rings. The summed E-state index contributed by atoms with van der Waals surface area (Å²) < 4.78 is 4.67. The van der Waals surface area contributed by atoms with Crippen LogP contribution in [0.2, 0.25) is 0 Å². The van der Waals surface area contributed by atoms with Gasteiger partial charge in [-0.05, 0) is 19.3 Å². The highest BCUT2D eigenvalue weighted by Crippen LogP contribution is 2.47. The van der Waals surface area contributed by atoms with Gasteiger partial charge >= 0.3 is 5.97 Å². The summed E-state index contributed by atoms with van der Waals surface area (Å²) in [6, 6.07) is 0. The Kier molecular flexibility index (Phi) is 12.9. The van der Waals surface area contributed by atoms with Crippen molar-refractivity contribution in [2.75, 3.05) is 7.11 Å². The Hall–Kier alpha value is -0.180. The van der Waals surface area contributed by atoms with Crippen molar-refractivity contribution in [1.29, 1.82) is 0 Å². The van der Waals surface area contributed by atoms with E-state index in [2.05, 4.69) is 23.4 Å². The van der Waals surface area contributed by atoms with Crippen LogP contribution in [0.4, 0.5) is 0 Å². The summed E-state index contributed by atoms with van der Waals surface area (Å²) in [5.41, 5.74) is 0. The van der Waals surface area contributed by atoms with E-state index in [0.29, 0.717) is 6.42 Å². The van der Waals surface area contributed by atoms with Gasteiger partial charge in [0.05, 0.1) is 7.11 Å². The minimum absolute atomic E-state index is 0.0598. The first-order valence-electron chi connectivity index (χ1n) is 10.00. The van der Waals surface area contributed by atoms with Crippen LogP contribution in [0.15, 0.2) is 0 Å². The number of hydrogen-bond donors (Lipinski definition) is 0. The van der Waals surface area contributed by atoms with Gasteiger partial charge in [-0.1, -0.05) is 77.6 Å². The number of carbonyl (C=O) groups excluding carboxylic acids is 1. The maximum atomic E-state index is 11.0. The van der Waals surface area contributed by atoms with Gasteiger partial charge in [0.25, 0.3) is 0 Å². The maximum absolute atomic E-state index is 11.0. The largest absolute Gasteiger partial charge is 0.469 e. The molecule has 136 valence electrons. The number of hydrogen-bond acceptors (Lipinski definition) is 3. The summed E-state index contributed by atoms with van der Waals surface area (Å²) >= 11 is 2.16. The van der Waals surface area contributed by atoms with E-state index >= 15 is 0 Å². The van der Waals surface area contributed by atoms with Crippen LogP contribution in [0.1, 0.15) is 103 Å². The Balaban J connectivity index is 1.76. The van der Waals surface area contributed by atoms with Crippen molar-refractivity contribution >= 4 is 17.7 Å². The zero-order chi connectivity index (χ0) is 16.8. The summed E-state index contributed by atoms with van der Waals surface area (Å²) in [5.74, 6) is -0.0598. The first kappa shape index (κ1) is 20.9. The molecule has 0 radical (unpaired) electrons. The van der Waals surface area contributed by atoms with Crippen LogP contribution >= 0.6 is 11.8 Å². The molecule has 0 saturated carbocycles. The van der Waals surface area contributed by atoms with Crippen LogP contribution < -0.4 is 0 Å². The van der Waals surface area contributed by atoms with Gasteiger partial charge in [0.1, 0.15) is 0 Å². The van der Waals surface area contributed by atoms with Gasteiger partial charge in [-0.25, -0.2) is 0 Å². The maximum Gasteiger partial charge on any atom is 0.305 e. The molecule has 0 aromatic carbocycles. The van der Waals surface area contributed by atoms with Crippen LogP contribution in [-0.4, -0.2) is 23.6 Å². The minimum atomic E-state index is -0.0598. The van der Waals surface area contributed by atoms with Crippen LogP contribution in [0.3, 0.4) is 0 Å². The number of rotatable bonds is 16. The number of carbonyl (C=O) groups is 1. The predicted octanol–water partition coefficient (Wildman–Crippen LogP) is 6.51. The van der Waals surface area contributed by atoms with Crippen LogP contribution in [0, 0.1) is 0 Å². The van der Waals surface area contributed by atoms with Crippen molar-refractivity contribution in [3.05, 3.63) is 0 Å². The molecule has 2 unspecified atom stereocenters. The fraction of sp³-hybridized carbons (Fsp3) is 0.950. The summed E-state index contributed by atoms with van der Waals surface area (Å²) in [5, 5.41) is 1.83. The lowest BCUT2D eigenvalue weighted by atomic mass is 10.0. The normalized spacial score (nSPS) is 19.7. The van der Waals surface area contributed by atoms with Crippen molar-refractivity contribution in [3.8, 4) is 0 Å². The van der Waals surface area contributed by atoms with E-state index in [-0.39, 0.29) is 5.97 Å². The van der Waals surface area contributed by atoms with E-state index < -0.39 is 0 Å². The molecular weight excluding hydrogens is 304 g/mol. The van der Waals surface area contributed by atoms with E-state index in [4.69, 9.17) is 0 Å². The fourth-order valence-electron chi connectivity index (χ4n) is 3.24. The predicted molar refractivity (Wildman–Crippen MR) is 102 cm³/mol. The number of esters is 1. The summed E-state index contributed by atoms with van der Waals surface area (Å²) in [7, 11) is 1.47. The molecule has 23 heavy (non-hydrogen) atoms. The molecule has 2 atom stereocenters. The monoisotopic (exact) mass is 342 g/mol. The first-order valence-corrected chi connectivity index (χ1v) is 10.9. The Bertz CT molecular complexity index is 293. The molecule has 1 heterocycles. The molecule has 0 aliphatic carbocycles. The van der Waals surface area contributed by atoms with Gasteiger partial charge in [-0.2, -0.15) is 11.8 Å². The molecule has 3 heteroatoms. The van der Waals surface area contributed by atoms with Crippen molar-refractivity contribution in [1.82, 2.24) is 0 Å². The highest BCUT2D eigenvalue weighted by molar-refractivity contribution is 8.07. The molecule has 1 saturated heterocycles. The Labute approximate surface area is 148 Å². The average Bonchev–Trinajstić information content (AvgIpc) is 3.31. The standard InChI is InChI=1S/C20H38O2S/c1-3-4-5-6-7-8-9-10-11-12-15-18-19(23-18)16-13-14-17-20(21)22-2/h18-19H,3-17H2,1-2H3. The van der Waals surface area contributed by atoms with Crippen molar-refractivity contribution in [3.63, 3.8) is 0 Å². The van der Waals surface area contributed by atoms with Gasteiger partial charge in [0, 0.05) is 16.9 Å². The van der Waals surface area contributed by atoms with Crippen molar-refractivity contribution in [2.45, 2.75) is 114 Å². The van der Waals surface area contributed by atoms with Gasteiger partial charge in [-0.3, -0.25) is 4.79 Å². The van der Waals surface area contributed by atoms with Crippen LogP contribution in [-0.2, 0) is 9.53 Å². The third-order valence-corrected chi connectivity index (χ3v) is 6.39. The SMILES string of the molecule is CCCCCCCCCCCCC1SC1CCCCC(=O)OC. The van der Waals surface area contributed by atoms with E-state index in [0.717, 1.165) is 16.9 Å². The fourth-order valence-corrected chi connectivity index (χ4v) is 4.47. The lowest BCUT2D eigenvalue weighted by Gasteiger charge is -2.02. The number of ether oxygens (including phenoxy) is 1. The molecule has 0 aromatic heterocycles. The van der Waals surface area contributed by atoms with Crippen LogP contribution in [0.5, 0.6) is 0 Å². The van der Waals surface area contributed by atoms with E-state index in [1.54, 1.807) is 0 Å². The molecule has 1 aliphatic heterocycles. The topological polar surface area (TPSA) is 26.3 Å². The minimum Gasteiger partial charge on any atom is -0.469 e. The molecule has 0 aromatic rings. The second kappa shape index (κ2) is 14.2. The van der Waals surface area contributed by atoms with E-state index in [1.165, 1.54) is 90.6 Å². The Morgan fingerprint density at radius 1 is 0.783 bits per heavy atom. The third-order valence-electron chi connectivity index (χ3n) is 4.88. The highest BCUT2D eigenvalue weighted by atomic mass is 32.2. The molecule has 1 fully saturated rings. The molecule has 2 nitrogen and oxygen atoms in total. The molecular formula is C20H38O2S. The van der Waals surface area contributed by atoms with Crippen LogP contribution in [0.25, 0.3) is 0 Å². The lowest BCUT2D eigenvalue weighted by molar-refractivity contribution is -0.140. The molecule has 0 spiro atoms. The number of thioether (sulfide) groups is 1. The number of unbranched alkanes of at least 4 members (excludes halogenated alkanes) is 10. The quantitative estimate of drug-likeness (QED) is 0.181. The number of methoxy groups -OCH3 is 1. The Morgan fingerprint density at radius 3 is 1.78 bits per heavy atom. The van der Waals surface area contributed by atoms with Crippen molar-refractivity contribution in [2.24, 2.45) is 0 Å². The summed E-state index contributed by atoms with van der Waals surface area (Å²) in [6.45, 7) is 2.28. The van der Waals surface area contributed by atoms with Gasteiger partial charge < -0.3 is 4.74 Å². The highest BCUT2D eigenvalue weighted by Gasteiger charge is 2.36. The second-order valence-corrected chi connectivity index (χ2v) is 8.49. The second-order valence-electron chi connectivity index (χ2n) is 7.01. The summed E-state index contributed by atoms with van der Waals surface area (Å²) in [6.07, 6.45) is 19.8.